The lowest BCUT2D eigenvalue weighted by Gasteiger charge is -2.13. The first kappa shape index (κ1) is 12.8. The Morgan fingerprint density at radius 1 is 1.25 bits per heavy atom. The first-order valence-electron chi connectivity index (χ1n) is 5.48. The fraction of sp³-hybridized carbons (Fsp3) is 0.429. The molecule has 1 aromatic rings. The molecule has 0 aliphatic rings. The van der Waals surface area contributed by atoms with Gasteiger partial charge in [0.05, 0.1) is 13.2 Å². The first-order chi connectivity index (χ1) is 7.47. The summed E-state index contributed by atoms with van der Waals surface area (Å²) in [5.41, 5.74) is 4.68. The van der Waals surface area contributed by atoms with Gasteiger partial charge in [-0.15, -0.1) is 0 Å². The highest BCUT2D eigenvalue weighted by atomic mass is 16.5. The molecular formula is C14H20O2. The minimum absolute atomic E-state index is 0.416. The third-order valence-corrected chi connectivity index (χ3v) is 2.87. The summed E-state index contributed by atoms with van der Waals surface area (Å²) < 4.78 is 5.31. The van der Waals surface area contributed by atoms with Crippen molar-refractivity contribution in [2.45, 2.75) is 33.8 Å². The van der Waals surface area contributed by atoms with Crippen molar-refractivity contribution >= 4 is 6.08 Å². The van der Waals surface area contributed by atoms with Gasteiger partial charge < -0.3 is 9.84 Å². The zero-order valence-corrected chi connectivity index (χ0v) is 10.7. The highest BCUT2D eigenvalue weighted by Crippen LogP contribution is 2.28. The highest BCUT2D eigenvalue weighted by molar-refractivity contribution is 5.62. The van der Waals surface area contributed by atoms with Crippen LogP contribution in [0.25, 0.3) is 6.08 Å². The van der Waals surface area contributed by atoms with E-state index in [0.29, 0.717) is 0 Å². The van der Waals surface area contributed by atoms with Crippen molar-refractivity contribution < 1.29 is 9.84 Å². The zero-order valence-electron chi connectivity index (χ0n) is 10.7. The van der Waals surface area contributed by atoms with Crippen molar-refractivity contribution in [1.29, 1.82) is 0 Å². The molecule has 0 amide bonds. The van der Waals surface area contributed by atoms with Crippen LogP contribution in [0.1, 0.15) is 29.2 Å². The van der Waals surface area contributed by atoms with E-state index in [0.717, 1.165) is 16.9 Å². The van der Waals surface area contributed by atoms with Gasteiger partial charge in [-0.05, 0) is 56.0 Å². The van der Waals surface area contributed by atoms with E-state index < -0.39 is 6.10 Å². The quantitative estimate of drug-likeness (QED) is 0.848. The van der Waals surface area contributed by atoms with Crippen LogP contribution >= 0.6 is 0 Å². The van der Waals surface area contributed by atoms with E-state index in [2.05, 4.69) is 13.8 Å². The molecule has 0 bridgehead atoms. The summed E-state index contributed by atoms with van der Waals surface area (Å²) in [5.74, 6) is 0.921. The van der Waals surface area contributed by atoms with Crippen LogP contribution in [0, 0.1) is 20.8 Å². The average molecular weight is 220 g/mol. The SMILES string of the molecule is COc1cc(C)c(/C=C/C(C)O)c(C)c1C. The molecule has 0 radical (unpaired) electrons. The fourth-order valence-corrected chi connectivity index (χ4v) is 1.77. The van der Waals surface area contributed by atoms with Gasteiger partial charge in [-0.25, -0.2) is 0 Å². The molecule has 2 nitrogen and oxygen atoms in total. The topological polar surface area (TPSA) is 29.5 Å². The third-order valence-electron chi connectivity index (χ3n) is 2.87. The van der Waals surface area contributed by atoms with Crippen molar-refractivity contribution in [1.82, 2.24) is 0 Å². The number of methoxy groups -OCH3 is 1. The summed E-state index contributed by atoms with van der Waals surface area (Å²) in [7, 11) is 1.69. The molecule has 1 rings (SSSR count). The molecule has 0 aliphatic carbocycles. The van der Waals surface area contributed by atoms with Crippen LogP contribution in [0.3, 0.4) is 0 Å². The summed E-state index contributed by atoms with van der Waals surface area (Å²) >= 11 is 0. The van der Waals surface area contributed by atoms with Crippen LogP contribution in [-0.2, 0) is 0 Å². The summed E-state index contributed by atoms with van der Waals surface area (Å²) in [6.45, 7) is 7.92. The molecule has 88 valence electrons. The van der Waals surface area contributed by atoms with Crippen LogP contribution in [0.15, 0.2) is 12.1 Å². The molecule has 0 heterocycles. The number of hydrogen-bond acceptors (Lipinski definition) is 2. The highest BCUT2D eigenvalue weighted by Gasteiger charge is 2.08. The van der Waals surface area contributed by atoms with Crippen LogP contribution < -0.4 is 4.74 Å². The van der Waals surface area contributed by atoms with Gasteiger partial charge in [0.2, 0.25) is 0 Å². The van der Waals surface area contributed by atoms with Gasteiger partial charge in [0, 0.05) is 0 Å². The Kier molecular flexibility index (Phi) is 4.13. The molecule has 0 saturated heterocycles. The summed E-state index contributed by atoms with van der Waals surface area (Å²) in [4.78, 5) is 0. The van der Waals surface area contributed by atoms with Crippen molar-refractivity contribution in [3.05, 3.63) is 34.4 Å². The van der Waals surface area contributed by atoms with Crippen molar-refractivity contribution in [3.8, 4) is 5.75 Å². The molecule has 1 unspecified atom stereocenters. The fourth-order valence-electron chi connectivity index (χ4n) is 1.77. The Morgan fingerprint density at radius 2 is 1.88 bits per heavy atom. The molecule has 0 aliphatic heterocycles. The molecule has 0 aromatic heterocycles. The van der Waals surface area contributed by atoms with Gasteiger partial charge in [-0.2, -0.15) is 0 Å². The van der Waals surface area contributed by atoms with Crippen molar-refractivity contribution in [3.63, 3.8) is 0 Å². The smallest absolute Gasteiger partial charge is 0.122 e. The number of ether oxygens (including phenoxy) is 1. The van der Waals surface area contributed by atoms with Gasteiger partial charge in [0.25, 0.3) is 0 Å². The van der Waals surface area contributed by atoms with Gasteiger partial charge in [-0.3, -0.25) is 0 Å². The van der Waals surface area contributed by atoms with Crippen LogP contribution in [0.2, 0.25) is 0 Å². The molecule has 0 saturated carbocycles. The maximum atomic E-state index is 9.25. The van der Waals surface area contributed by atoms with Crippen molar-refractivity contribution in [2.24, 2.45) is 0 Å². The van der Waals surface area contributed by atoms with Gasteiger partial charge >= 0.3 is 0 Å². The minimum Gasteiger partial charge on any atom is -0.496 e. The molecule has 16 heavy (non-hydrogen) atoms. The average Bonchev–Trinajstić information content (AvgIpc) is 2.22. The molecule has 2 heteroatoms. The van der Waals surface area contributed by atoms with Gasteiger partial charge in [-0.1, -0.05) is 12.2 Å². The van der Waals surface area contributed by atoms with Gasteiger partial charge in [0.1, 0.15) is 5.75 Å². The second kappa shape index (κ2) is 5.17. The second-order valence-electron chi connectivity index (χ2n) is 4.16. The summed E-state index contributed by atoms with van der Waals surface area (Å²) in [5, 5.41) is 9.25. The molecule has 1 atom stereocenters. The van der Waals surface area contributed by atoms with E-state index in [1.54, 1.807) is 20.1 Å². The maximum absolute atomic E-state index is 9.25. The number of hydrogen-bond donors (Lipinski definition) is 1. The Morgan fingerprint density at radius 3 is 2.38 bits per heavy atom. The Balaban J connectivity index is 3.25. The molecule has 1 aromatic carbocycles. The Labute approximate surface area is 97.6 Å². The van der Waals surface area contributed by atoms with Gasteiger partial charge in [0.15, 0.2) is 0 Å². The molecule has 0 fully saturated rings. The molecular weight excluding hydrogens is 200 g/mol. The van der Waals surface area contributed by atoms with Crippen molar-refractivity contribution in [2.75, 3.05) is 7.11 Å². The van der Waals surface area contributed by atoms with Crippen LogP contribution in [-0.4, -0.2) is 18.3 Å². The van der Waals surface area contributed by atoms with E-state index in [1.807, 2.05) is 19.1 Å². The van der Waals surface area contributed by atoms with Crippen LogP contribution in [0.5, 0.6) is 5.75 Å². The summed E-state index contributed by atoms with van der Waals surface area (Å²) in [6, 6.07) is 2.03. The standard InChI is InChI=1S/C14H20O2/c1-9-8-14(16-5)12(4)11(3)13(9)7-6-10(2)15/h6-8,10,15H,1-5H3/b7-6+. The number of aliphatic hydroxyl groups is 1. The lowest BCUT2D eigenvalue weighted by Crippen LogP contribution is -1.97. The monoisotopic (exact) mass is 220 g/mol. The third kappa shape index (κ3) is 2.64. The number of benzene rings is 1. The normalized spacial score (nSPS) is 13.1. The van der Waals surface area contributed by atoms with Crippen LogP contribution in [0.4, 0.5) is 0 Å². The minimum atomic E-state index is -0.416. The Hall–Kier alpha value is -1.28. The first-order valence-corrected chi connectivity index (χ1v) is 5.48. The predicted octanol–water partition coefficient (Wildman–Crippen LogP) is 3.01. The van der Waals surface area contributed by atoms with E-state index in [1.165, 1.54) is 11.1 Å². The van der Waals surface area contributed by atoms with E-state index in [-0.39, 0.29) is 0 Å². The predicted molar refractivity (Wildman–Crippen MR) is 67.9 cm³/mol. The number of aliphatic hydroxyl groups excluding tert-OH is 1. The number of aryl methyl sites for hydroxylation is 1. The largest absolute Gasteiger partial charge is 0.496 e. The molecule has 0 spiro atoms. The summed E-state index contributed by atoms with van der Waals surface area (Å²) in [6.07, 6.45) is 3.35. The molecule has 1 N–H and O–H groups in total. The zero-order chi connectivity index (χ0) is 12.3. The Bertz CT molecular complexity index is 404. The van der Waals surface area contributed by atoms with E-state index in [9.17, 15) is 5.11 Å². The lowest BCUT2D eigenvalue weighted by molar-refractivity contribution is 0.245. The van der Waals surface area contributed by atoms with E-state index in [4.69, 9.17) is 4.74 Å². The second-order valence-corrected chi connectivity index (χ2v) is 4.16. The number of rotatable bonds is 3. The lowest BCUT2D eigenvalue weighted by atomic mass is 9.97. The maximum Gasteiger partial charge on any atom is 0.122 e. The van der Waals surface area contributed by atoms with E-state index >= 15 is 0 Å².